The Labute approximate surface area is 71.9 Å². The molecule has 0 atom stereocenters. The third-order valence-electron chi connectivity index (χ3n) is 1.35. The number of carbonyl (C=O) groups is 1. The van der Waals surface area contributed by atoms with E-state index in [2.05, 4.69) is 0 Å². The summed E-state index contributed by atoms with van der Waals surface area (Å²) in [5.74, 6) is -0.952. The molecule has 0 fully saturated rings. The van der Waals surface area contributed by atoms with E-state index in [4.69, 9.17) is 13.0 Å². The van der Waals surface area contributed by atoms with E-state index in [0.29, 0.717) is 5.46 Å². The summed E-state index contributed by atoms with van der Waals surface area (Å²) in [6.45, 7) is 0. The molecule has 0 amide bonds. The summed E-state index contributed by atoms with van der Waals surface area (Å²) in [6.07, 6.45) is 2.60. The van der Waals surface area contributed by atoms with Gasteiger partial charge in [-0.05, 0) is 11.6 Å². The van der Waals surface area contributed by atoms with Crippen molar-refractivity contribution in [3.8, 4) is 0 Å². The summed E-state index contributed by atoms with van der Waals surface area (Å²) in [6, 6.07) is 6.96. The molecule has 0 aliphatic rings. The molecule has 0 spiro atoms. The summed E-state index contributed by atoms with van der Waals surface area (Å²) >= 11 is 0. The lowest BCUT2D eigenvalue weighted by Crippen LogP contribution is -1.99. The fraction of sp³-hybridized carbons (Fsp3) is 0. The molecule has 0 aliphatic heterocycles. The second-order valence-electron chi connectivity index (χ2n) is 2.34. The van der Waals surface area contributed by atoms with Crippen LogP contribution in [0.3, 0.4) is 0 Å². The molecular formula is C9H7BO2. The largest absolute Gasteiger partial charge is 0.478 e. The molecule has 0 aliphatic carbocycles. The minimum Gasteiger partial charge on any atom is -0.478 e. The second kappa shape index (κ2) is 3.76. The predicted octanol–water partition coefficient (Wildman–Crippen LogP) is 0.578. The first-order chi connectivity index (χ1) is 5.68. The Bertz CT molecular complexity index is 301. The number of hydrogen-bond donors (Lipinski definition) is 1. The highest BCUT2D eigenvalue weighted by Gasteiger charge is 1.88. The van der Waals surface area contributed by atoms with Gasteiger partial charge in [0.25, 0.3) is 0 Å². The summed E-state index contributed by atoms with van der Waals surface area (Å²) in [5, 5.41) is 8.32. The number of carboxylic acids is 1. The number of aliphatic carboxylic acids is 1. The highest BCUT2D eigenvalue weighted by atomic mass is 16.4. The van der Waals surface area contributed by atoms with Gasteiger partial charge in [-0.2, -0.15) is 0 Å². The van der Waals surface area contributed by atoms with Crippen LogP contribution in [0.15, 0.2) is 30.3 Å². The van der Waals surface area contributed by atoms with Gasteiger partial charge in [0.2, 0.25) is 0 Å². The van der Waals surface area contributed by atoms with E-state index >= 15 is 0 Å². The second-order valence-corrected chi connectivity index (χ2v) is 2.34. The van der Waals surface area contributed by atoms with Crippen LogP contribution in [-0.2, 0) is 4.79 Å². The fourth-order valence-electron chi connectivity index (χ4n) is 0.775. The molecule has 1 rings (SSSR count). The molecule has 2 radical (unpaired) electrons. The Morgan fingerprint density at radius 3 is 2.42 bits per heavy atom. The van der Waals surface area contributed by atoms with Crippen molar-refractivity contribution in [2.24, 2.45) is 0 Å². The van der Waals surface area contributed by atoms with Crippen LogP contribution >= 0.6 is 0 Å². The lowest BCUT2D eigenvalue weighted by Gasteiger charge is -1.93. The van der Waals surface area contributed by atoms with Gasteiger partial charge in [-0.15, -0.1) is 0 Å². The lowest BCUT2D eigenvalue weighted by molar-refractivity contribution is -0.131. The maximum absolute atomic E-state index is 10.1. The standard InChI is InChI=1S/C9H7BO2/c10-8-4-1-7(2-5-8)3-6-9(11)12/h1-6H,(H,11,12). The summed E-state index contributed by atoms with van der Waals surface area (Å²) in [7, 11) is 5.44. The number of carboxylic acid groups (broad SMARTS) is 1. The molecule has 0 saturated heterocycles. The number of benzene rings is 1. The van der Waals surface area contributed by atoms with Crippen LogP contribution in [0.2, 0.25) is 0 Å². The molecular weight excluding hydrogens is 151 g/mol. The Morgan fingerprint density at radius 2 is 1.92 bits per heavy atom. The Kier molecular flexibility index (Phi) is 2.69. The highest BCUT2D eigenvalue weighted by Crippen LogP contribution is 1.98. The van der Waals surface area contributed by atoms with Crippen LogP contribution < -0.4 is 5.46 Å². The molecule has 0 unspecified atom stereocenters. The SMILES string of the molecule is [B]c1ccc(C=CC(=O)O)cc1. The minimum absolute atomic E-state index is 0.669. The van der Waals surface area contributed by atoms with Crippen molar-refractivity contribution in [1.82, 2.24) is 0 Å². The van der Waals surface area contributed by atoms with Gasteiger partial charge >= 0.3 is 5.97 Å². The molecule has 2 nitrogen and oxygen atoms in total. The van der Waals surface area contributed by atoms with Crippen molar-refractivity contribution in [2.45, 2.75) is 0 Å². The van der Waals surface area contributed by atoms with E-state index < -0.39 is 5.97 Å². The maximum Gasteiger partial charge on any atom is 0.328 e. The quantitative estimate of drug-likeness (QED) is 0.504. The third-order valence-corrected chi connectivity index (χ3v) is 1.35. The van der Waals surface area contributed by atoms with Gasteiger partial charge in [-0.3, -0.25) is 0 Å². The first kappa shape index (κ1) is 8.59. The summed E-state index contributed by atoms with van der Waals surface area (Å²) < 4.78 is 0. The van der Waals surface area contributed by atoms with Crippen molar-refractivity contribution < 1.29 is 9.90 Å². The molecule has 0 aromatic heterocycles. The van der Waals surface area contributed by atoms with Gasteiger partial charge in [-0.1, -0.05) is 29.7 Å². The monoisotopic (exact) mass is 158 g/mol. The van der Waals surface area contributed by atoms with Gasteiger partial charge in [0.15, 0.2) is 0 Å². The normalized spacial score (nSPS) is 10.3. The molecule has 12 heavy (non-hydrogen) atoms. The third kappa shape index (κ3) is 2.62. The Hall–Kier alpha value is -1.51. The summed E-state index contributed by atoms with van der Waals surface area (Å²) in [4.78, 5) is 10.1. The van der Waals surface area contributed by atoms with E-state index in [0.717, 1.165) is 11.6 Å². The zero-order valence-electron chi connectivity index (χ0n) is 6.40. The predicted molar refractivity (Wildman–Crippen MR) is 48.5 cm³/mol. The van der Waals surface area contributed by atoms with Crippen LogP contribution in [0.4, 0.5) is 0 Å². The molecule has 1 aromatic rings. The average Bonchev–Trinajstić information content (AvgIpc) is 2.03. The first-order valence-electron chi connectivity index (χ1n) is 3.45. The molecule has 0 bridgehead atoms. The molecule has 0 heterocycles. The average molecular weight is 158 g/mol. The first-order valence-corrected chi connectivity index (χ1v) is 3.45. The van der Waals surface area contributed by atoms with Crippen LogP contribution in [-0.4, -0.2) is 18.9 Å². The van der Waals surface area contributed by atoms with E-state index in [1.54, 1.807) is 24.3 Å². The zero-order chi connectivity index (χ0) is 8.97. The summed E-state index contributed by atoms with van der Waals surface area (Å²) in [5.41, 5.74) is 1.49. The molecule has 58 valence electrons. The maximum atomic E-state index is 10.1. The van der Waals surface area contributed by atoms with E-state index in [1.807, 2.05) is 0 Å². The Balaban J connectivity index is 2.77. The molecule has 1 N–H and O–H groups in total. The highest BCUT2D eigenvalue weighted by molar-refractivity contribution is 6.32. The minimum atomic E-state index is -0.952. The van der Waals surface area contributed by atoms with Crippen LogP contribution in [0.5, 0.6) is 0 Å². The van der Waals surface area contributed by atoms with E-state index in [-0.39, 0.29) is 0 Å². The van der Waals surface area contributed by atoms with E-state index in [1.165, 1.54) is 6.08 Å². The number of rotatable bonds is 2. The fourth-order valence-corrected chi connectivity index (χ4v) is 0.775. The van der Waals surface area contributed by atoms with Gasteiger partial charge in [-0.25, -0.2) is 4.79 Å². The smallest absolute Gasteiger partial charge is 0.328 e. The topological polar surface area (TPSA) is 37.3 Å². The Morgan fingerprint density at radius 1 is 1.33 bits per heavy atom. The van der Waals surface area contributed by atoms with Crippen LogP contribution in [0.25, 0.3) is 6.08 Å². The van der Waals surface area contributed by atoms with Crippen molar-refractivity contribution in [1.29, 1.82) is 0 Å². The zero-order valence-corrected chi connectivity index (χ0v) is 6.40. The van der Waals surface area contributed by atoms with Gasteiger partial charge in [0.05, 0.1) is 0 Å². The van der Waals surface area contributed by atoms with Crippen molar-refractivity contribution in [3.63, 3.8) is 0 Å². The van der Waals surface area contributed by atoms with Gasteiger partial charge < -0.3 is 5.11 Å². The van der Waals surface area contributed by atoms with Crippen molar-refractivity contribution in [2.75, 3.05) is 0 Å². The molecule has 1 aromatic carbocycles. The molecule has 0 saturated carbocycles. The van der Waals surface area contributed by atoms with Gasteiger partial charge in [0, 0.05) is 6.08 Å². The van der Waals surface area contributed by atoms with E-state index in [9.17, 15) is 4.79 Å². The lowest BCUT2D eigenvalue weighted by atomic mass is 9.95. The van der Waals surface area contributed by atoms with Crippen LogP contribution in [0.1, 0.15) is 5.56 Å². The van der Waals surface area contributed by atoms with Gasteiger partial charge in [0.1, 0.15) is 7.85 Å². The van der Waals surface area contributed by atoms with Crippen LogP contribution in [0, 0.1) is 0 Å². The van der Waals surface area contributed by atoms with Crippen molar-refractivity contribution in [3.05, 3.63) is 35.9 Å². The molecule has 3 heteroatoms. The van der Waals surface area contributed by atoms with Crippen molar-refractivity contribution >= 4 is 25.4 Å². The number of hydrogen-bond acceptors (Lipinski definition) is 1.